The predicted octanol–water partition coefficient (Wildman–Crippen LogP) is 2.05. The van der Waals surface area contributed by atoms with Crippen LogP contribution in [0.2, 0.25) is 0 Å². The molecule has 0 fully saturated rings. The molecule has 1 atom stereocenters. The minimum atomic E-state index is 0.498. The molecule has 3 nitrogen and oxygen atoms in total. The SMILES string of the molecule is CC1CCn2c(C(C)C)nc(CN)c2C1. The zero-order chi connectivity index (χ0) is 11.0. The van der Waals surface area contributed by atoms with Crippen molar-refractivity contribution in [1.82, 2.24) is 9.55 Å². The van der Waals surface area contributed by atoms with Gasteiger partial charge in [-0.2, -0.15) is 0 Å². The molecule has 0 amide bonds. The Morgan fingerprint density at radius 1 is 1.53 bits per heavy atom. The van der Waals surface area contributed by atoms with Crippen molar-refractivity contribution in [1.29, 1.82) is 0 Å². The van der Waals surface area contributed by atoms with E-state index in [0.29, 0.717) is 12.5 Å². The maximum Gasteiger partial charge on any atom is 0.111 e. The molecule has 0 radical (unpaired) electrons. The van der Waals surface area contributed by atoms with Crippen molar-refractivity contribution in [3.05, 3.63) is 17.2 Å². The van der Waals surface area contributed by atoms with Gasteiger partial charge in [-0.3, -0.25) is 0 Å². The van der Waals surface area contributed by atoms with E-state index in [1.54, 1.807) is 0 Å². The van der Waals surface area contributed by atoms with Crippen LogP contribution in [-0.2, 0) is 19.5 Å². The van der Waals surface area contributed by atoms with E-state index in [4.69, 9.17) is 5.73 Å². The fourth-order valence-electron chi connectivity index (χ4n) is 2.42. The first-order valence-corrected chi connectivity index (χ1v) is 5.91. The average molecular weight is 207 g/mol. The third kappa shape index (κ3) is 1.81. The smallest absolute Gasteiger partial charge is 0.111 e. The fraction of sp³-hybridized carbons (Fsp3) is 0.750. The second-order valence-corrected chi connectivity index (χ2v) is 4.97. The summed E-state index contributed by atoms with van der Waals surface area (Å²) in [6.07, 6.45) is 2.42. The number of rotatable bonds is 2. The topological polar surface area (TPSA) is 43.8 Å². The summed E-state index contributed by atoms with van der Waals surface area (Å²) in [6, 6.07) is 0. The molecule has 1 aliphatic heterocycles. The number of fused-ring (bicyclic) bond motifs is 1. The van der Waals surface area contributed by atoms with E-state index in [2.05, 4.69) is 30.3 Å². The first-order chi connectivity index (χ1) is 7.13. The Morgan fingerprint density at radius 3 is 2.87 bits per heavy atom. The molecule has 2 heterocycles. The van der Waals surface area contributed by atoms with Gasteiger partial charge in [0.2, 0.25) is 0 Å². The molecule has 2 rings (SSSR count). The fourth-order valence-corrected chi connectivity index (χ4v) is 2.42. The van der Waals surface area contributed by atoms with E-state index in [-0.39, 0.29) is 0 Å². The average Bonchev–Trinajstić information content (AvgIpc) is 2.55. The Bertz CT molecular complexity index is 352. The number of hydrogen-bond donors (Lipinski definition) is 1. The maximum absolute atomic E-state index is 5.76. The number of nitrogens with zero attached hydrogens (tertiary/aromatic N) is 2. The summed E-state index contributed by atoms with van der Waals surface area (Å²) in [5.41, 5.74) is 8.26. The molecular weight excluding hydrogens is 186 g/mol. The maximum atomic E-state index is 5.76. The van der Waals surface area contributed by atoms with Gasteiger partial charge in [0.1, 0.15) is 5.82 Å². The third-order valence-corrected chi connectivity index (χ3v) is 3.28. The first-order valence-electron chi connectivity index (χ1n) is 5.91. The monoisotopic (exact) mass is 207 g/mol. The summed E-state index contributed by atoms with van der Waals surface area (Å²) in [4.78, 5) is 4.68. The Balaban J connectivity index is 2.45. The molecule has 15 heavy (non-hydrogen) atoms. The quantitative estimate of drug-likeness (QED) is 0.806. The van der Waals surface area contributed by atoms with Gasteiger partial charge in [0.05, 0.1) is 5.69 Å². The van der Waals surface area contributed by atoms with E-state index >= 15 is 0 Å². The lowest BCUT2D eigenvalue weighted by Gasteiger charge is -2.23. The van der Waals surface area contributed by atoms with E-state index in [1.165, 1.54) is 17.9 Å². The van der Waals surface area contributed by atoms with Crippen LogP contribution in [0.5, 0.6) is 0 Å². The van der Waals surface area contributed by atoms with Crippen molar-refractivity contribution in [2.24, 2.45) is 11.7 Å². The van der Waals surface area contributed by atoms with Crippen molar-refractivity contribution < 1.29 is 0 Å². The van der Waals surface area contributed by atoms with Gasteiger partial charge in [0, 0.05) is 24.7 Å². The van der Waals surface area contributed by atoms with Gasteiger partial charge >= 0.3 is 0 Å². The van der Waals surface area contributed by atoms with Gasteiger partial charge in [-0.1, -0.05) is 20.8 Å². The Kier molecular flexibility index (Phi) is 2.83. The van der Waals surface area contributed by atoms with Crippen molar-refractivity contribution in [2.45, 2.75) is 52.6 Å². The Labute approximate surface area is 91.7 Å². The standard InChI is InChI=1S/C12H21N3/c1-8(2)12-14-10(7-13)11-6-9(3)4-5-15(11)12/h8-9H,4-7,13H2,1-3H3. The highest BCUT2D eigenvalue weighted by Gasteiger charge is 2.23. The summed E-state index contributed by atoms with van der Waals surface area (Å²) in [5, 5.41) is 0. The van der Waals surface area contributed by atoms with Crippen LogP contribution in [0.25, 0.3) is 0 Å². The van der Waals surface area contributed by atoms with Crippen LogP contribution in [-0.4, -0.2) is 9.55 Å². The van der Waals surface area contributed by atoms with Crippen LogP contribution in [0.3, 0.4) is 0 Å². The summed E-state index contributed by atoms with van der Waals surface area (Å²) in [6.45, 7) is 8.42. The minimum Gasteiger partial charge on any atom is -0.331 e. The molecular formula is C12H21N3. The van der Waals surface area contributed by atoms with Crippen LogP contribution in [0.1, 0.15) is 50.3 Å². The molecule has 0 aliphatic carbocycles. The van der Waals surface area contributed by atoms with Gasteiger partial charge in [-0.05, 0) is 18.8 Å². The third-order valence-electron chi connectivity index (χ3n) is 3.28. The Hall–Kier alpha value is -0.830. The Morgan fingerprint density at radius 2 is 2.27 bits per heavy atom. The highest BCUT2D eigenvalue weighted by Crippen LogP contribution is 2.27. The van der Waals surface area contributed by atoms with Crippen LogP contribution in [0.4, 0.5) is 0 Å². The number of imidazole rings is 1. The van der Waals surface area contributed by atoms with Gasteiger partial charge in [-0.25, -0.2) is 4.98 Å². The van der Waals surface area contributed by atoms with Crippen molar-refractivity contribution in [2.75, 3.05) is 0 Å². The minimum absolute atomic E-state index is 0.498. The molecule has 1 aromatic heterocycles. The van der Waals surface area contributed by atoms with E-state index in [9.17, 15) is 0 Å². The van der Waals surface area contributed by atoms with E-state index in [0.717, 1.165) is 24.6 Å². The second-order valence-electron chi connectivity index (χ2n) is 4.97. The molecule has 0 saturated heterocycles. The number of nitrogens with two attached hydrogens (primary N) is 1. The lowest BCUT2D eigenvalue weighted by Crippen LogP contribution is -2.20. The van der Waals surface area contributed by atoms with Crippen molar-refractivity contribution >= 4 is 0 Å². The molecule has 0 spiro atoms. The molecule has 1 aromatic rings. The van der Waals surface area contributed by atoms with Crippen molar-refractivity contribution in [3.63, 3.8) is 0 Å². The normalized spacial score (nSPS) is 20.7. The molecule has 0 saturated carbocycles. The molecule has 2 N–H and O–H groups in total. The zero-order valence-corrected chi connectivity index (χ0v) is 9.95. The predicted molar refractivity (Wildman–Crippen MR) is 61.7 cm³/mol. The first kappa shape index (κ1) is 10.7. The number of hydrogen-bond acceptors (Lipinski definition) is 2. The summed E-state index contributed by atoms with van der Waals surface area (Å²) < 4.78 is 2.40. The second kappa shape index (κ2) is 3.97. The van der Waals surface area contributed by atoms with Crippen LogP contribution >= 0.6 is 0 Å². The summed E-state index contributed by atoms with van der Waals surface area (Å²) in [5.74, 6) is 2.49. The summed E-state index contributed by atoms with van der Waals surface area (Å²) >= 11 is 0. The zero-order valence-electron chi connectivity index (χ0n) is 9.95. The van der Waals surface area contributed by atoms with Gasteiger partial charge in [-0.15, -0.1) is 0 Å². The molecule has 3 heteroatoms. The summed E-state index contributed by atoms with van der Waals surface area (Å²) in [7, 11) is 0. The lowest BCUT2D eigenvalue weighted by atomic mass is 9.97. The number of aromatic nitrogens is 2. The highest BCUT2D eigenvalue weighted by molar-refractivity contribution is 5.21. The molecule has 1 unspecified atom stereocenters. The van der Waals surface area contributed by atoms with Crippen LogP contribution < -0.4 is 5.73 Å². The van der Waals surface area contributed by atoms with Gasteiger partial charge in [0.25, 0.3) is 0 Å². The lowest BCUT2D eigenvalue weighted by molar-refractivity contribution is 0.404. The largest absolute Gasteiger partial charge is 0.331 e. The van der Waals surface area contributed by atoms with Crippen molar-refractivity contribution in [3.8, 4) is 0 Å². The molecule has 84 valence electrons. The van der Waals surface area contributed by atoms with Gasteiger partial charge < -0.3 is 10.3 Å². The van der Waals surface area contributed by atoms with Crippen LogP contribution in [0, 0.1) is 5.92 Å². The van der Waals surface area contributed by atoms with E-state index in [1.807, 2.05) is 0 Å². The molecule has 0 bridgehead atoms. The molecule has 1 aliphatic rings. The van der Waals surface area contributed by atoms with E-state index < -0.39 is 0 Å². The van der Waals surface area contributed by atoms with Gasteiger partial charge in [0.15, 0.2) is 0 Å². The van der Waals surface area contributed by atoms with Crippen LogP contribution in [0.15, 0.2) is 0 Å². The molecule has 0 aromatic carbocycles. The highest BCUT2D eigenvalue weighted by atomic mass is 15.1.